The van der Waals surface area contributed by atoms with E-state index in [4.69, 9.17) is 4.74 Å². The largest absolute Gasteiger partial charge is 0.381 e. The molecule has 1 aromatic rings. The summed E-state index contributed by atoms with van der Waals surface area (Å²) in [7, 11) is 0. The smallest absolute Gasteiger partial charge is 0.186 e. The summed E-state index contributed by atoms with van der Waals surface area (Å²) in [4.78, 5) is 16.1. The van der Waals surface area contributed by atoms with E-state index in [0.717, 1.165) is 23.9 Å². The Morgan fingerprint density at radius 2 is 2.40 bits per heavy atom. The van der Waals surface area contributed by atoms with Crippen LogP contribution in [-0.2, 0) is 4.74 Å². The minimum atomic E-state index is -0.00701. The maximum absolute atomic E-state index is 12.0. The molecule has 15 heavy (non-hydrogen) atoms. The lowest BCUT2D eigenvalue weighted by molar-refractivity contribution is 0.0458. The second kappa shape index (κ2) is 4.86. The molecule has 0 bridgehead atoms. The highest BCUT2D eigenvalue weighted by Crippen LogP contribution is 2.18. The van der Waals surface area contributed by atoms with Crippen molar-refractivity contribution >= 4 is 21.7 Å². The van der Waals surface area contributed by atoms with E-state index < -0.39 is 0 Å². The summed E-state index contributed by atoms with van der Waals surface area (Å²) in [5.74, 6) is 0.0922. The van der Waals surface area contributed by atoms with Crippen LogP contribution in [0.2, 0.25) is 0 Å². The number of ketones is 1. The van der Waals surface area contributed by atoms with E-state index in [1.54, 1.807) is 12.3 Å². The molecule has 0 saturated carbocycles. The summed E-state index contributed by atoms with van der Waals surface area (Å²) in [6.07, 6.45) is 3.53. The molecule has 2 heterocycles. The fourth-order valence-corrected chi connectivity index (χ4v) is 1.91. The van der Waals surface area contributed by atoms with Gasteiger partial charge in [-0.05, 0) is 40.9 Å². The van der Waals surface area contributed by atoms with Gasteiger partial charge in [-0.2, -0.15) is 0 Å². The molecule has 0 aliphatic carbocycles. The molecule has 4 heteroatoms. The molecule has 1 unspecified atom stereocenters. The zero-order valence-electron chi connectivity index (χ0n) is 8.28. The van der Waals surface area contributed by atoms with Crippen molar-refractivity contribution in [2.75, 3.05) is 13.2 Å². The number of hydrogen-bond acceptors (Lipinski definition) is 3. The number of carbonyl (C=O) groups excluding carboxylic acids is 1. The Kier molecular flexibility index (Phi) is 3.49. The van der Waals surface area contributed by atoms with Crippen molar-refractivity contribution in [3.8, 4) is 0 Å². The Labute approximate surface area is 97.0 Å². The lowest BCUT2D eigenvalue weighted by Crippen LogP contribution is -2.25. The lowest BCUT2D eigenvalue weighted by Gasteiger charge is -2.20. The number of carbonyl (C=O) groups is 1. The molecule has 1 aliphatic heterocycles. The summed E-state index contributed by atoms with van der Waals surface area (Å²) < 4.78 is 6.18. The zero-order chi connectivity index (χ0) is 10.7. The van der Waals surface area contributed by atoms with Crippen LogP contribution in [-0.4, -0.2) is 24.0 Å². The SMILES string of the molecule is O=C(c1ccc(Br)cn1)C1CCCOC1. The molecule has 0 N–H and O–H groups in total. The number of halogens is 1. The van der Waals surface area contributed by atoms with Gasteiger partial charge in [-0.15, -0.1) is 0 Å². The molecule has 0 spiro atoms. The molecule has 0 aromatic carbocycles. The van der Waals surface area contributed by atoms with Gasteiger partial charge in [0.25, 0.3) is 0 Å². The van der Waals surface area contributed by atoms with Crippen LogP contribution in [0.4, 0.5) is 0 Å². The quantitative estimate of drug-likeness (QED) is 0.775. The maximum Gasteiger partial charge on any atom is 0.186 e. The standard InChI is InChI=1S/C11H12BrNO2/c12-9-3-4-10(13-6-9)11(14)8-2-1-5-15-7-8/h3-4,6,8H,1-2,5,7H2. The molecule has 0 amide bonds. The number of rotatable bonds is 2. The molecule has 1 saturated heterocycles. The Bertz CT molecular complexity index is 344. The molecule has 3 nitrogen and oxygen atoms in total. The molecule has 1 aliphatic rings. The Hall–Kier alpha value is -0.740. The highest BCUT2D eigenvalue weighted by atomic mass is 79.9. The van der Waals surface area contributed by atoms with Crippen molar-refractivity contribution in [2.24, 2.45) is 5.92 Å². The number of aromatic nitrogens is 1. The molecular formula is C11H12BrNO2. The number of pyridine rings is 1. The van der Waals surface area contributed by atoms with Crippen LogP contribution in [0.25, 0.3) is 0 Å². The van der Waals surface area contributed by atoms with Gasteiger partial charge in [-0.1, -0.05) is 0 Å². The number of nitrogens with zero attached hydrogens (tertiary/aromatic N) is 1. The van der Waals surface area contributed by atoms with Crippen molar-refractivity contribution in [1.82, 2.24) is 4.98 Å². The summed E-state index contributed by atoms with van der Waals surface area (Å²) >= 11 is 3.29. The van der Waals surface area contributed by atoms with Gasteiger partial charge in [0.15, 0.2) is 5.78 Å². The topological polar surface area (TPSA) is 39.2 Å². The van der Waals surface area contributed by atoms with E-state index in [1.807, 2.05) is 6.07 Å². The Balaban J connectivity index is 2.09. The second-order valence-electron chi connectivity index (χ2n) is 3.64. The van der Waals surface area contributed by atoms with Gasteiger partial charge in [0.05, 0.1) is 6.61 Å². The van der Waals surface area contributed by atoms with E-state index in [0.29, 0.717) is 12.3 Å². The highest BCUT2D eigenvalue weighted by Gasteiger charge is 2.23. The van der Waals surface area contributed by atoms with Gasteiger partial charge < -0.3 is 4.74 Å². The normalized spacial score (nSPS) is 21.3. The van der Waals surface area contributed by atoms with Gasteiger partial charge in [0.2, 0.25) is 0 Å². The molecule has 80 valence electrons. The van der Waals surface area contributed by atoms with Crippen molar-refractivity contribution in [3.63, 3.8) is 0 Å². The van der Waals surface area contributed by atoms with Crippen molar-refractivity contribution in [2.45, 2.75) is 12.8 Å². The Morgan fingerprint density at radius 1 is 1.53 bits per heavy atom. The van der Waals surface area contributed by atoms with E-state index in [1.165, 1.54) is 0 Å². The average Bonchev–Trinajstić information content (AvgIpc) is 2.30. The van der Waals surface area contributed by atoms with Crippen molar-refractivity contribution < 1.29 is 9.53 Å². The van der Waals surface area contributed by atoms with Gasteiger partial charge >= 0.3 is 0 Å². The minimum Gasteiger partial charge on any atom is -0.381 e. The third-order valence-corrected chi connectivity index (χ3v) is 2.98. The first-order chi connectivity index (χ1) is 7.27. The van der Waals surface area contributed by atoms with Crippen LogP contribution >= 0.6 is 15.9 Å². The zero-order valence-corrected chi connectivity index (χ0v) is 9.87. The van der Waals surface area contributed by atoms with Crippen LogP contribution < -0.4 is 0 Å². The van der Waals surface area contributed by atoms with E-state index >= 15 is 0 Å². The highest BCUT2D eigenvalue weighted by molar-refractivity contribution is 9.10. The monoisotopic (exact) mass is 269 g/mol. The van der Waals surface area contributed by atoms with E-state index in [2.05, 4.69) is 20.9 Å². The predicted octanol–water partition coefficient (Wildman–Crippen LogP) is 2.45. The van der Waals surface area contributed by atoms with Crippen LogP contribution in [0.15, 0.2) is 22.8 Å². The number of hydrogen-bond donors (Lipinski definition) is 0. The van der Waals surface area contributed by atoms with Gasteiger partial charge in [-0.3, -0.25) is 9.78 Å². The summed E-state index contributed by atoms with van der Waals surface area (Å²) in [5.41, 5.74) is 0.536. The maximum atomic E-state index is 12.0. The molecular weight excluding hydrogens is 258 g/mol. The predicted molar refractivity (Wildman–Crippen MR) is 59.8 cm³/mol. The van der Waals surface area contributed by atoms with E-state index in [9.17, 15) is 4.79 Å². The number of ether oxygens (including phenoxy) is 1. The van der Waals surface area contributed by atoms with Crippen molar-refractivity contribution in [1.29, 1.82) is 0 Å². The fourth-order valence-electron chi connectivity index (χ4n) is 1.68. The summed E-state index contributed by atoms with van der Waals surface area (Å²) in [6, 6.07) is 3.59. The molecule has 1 atom stereocenters. The van der Waals surface area contributed by atoms with E-state index in [-0.39, 0.29) is 11.7 Å². The van der Waals surface area contributed by atoms with Gasteiger partial charge in [-0.25, -0.2) is 0 Å². The first kappa shape index (κ1) is 10.8. The van der Waals surface area contributed by atoms with Crippen LogP contribution in [0.1, 0.15) is 23.3 Å². The van der Waals surface area contributed by atoms with Crippen LogP contribution in [0.3, 0.4) is 0 Å². The first-order valence-electron chi connectivity index (χ1n) is 5.01. The van der Waals surface area contributed by atoms with Gasteiger partial charge in [0, 0.05) is 23.2 Å². The number of Topliss-reactive ketones (excluding diaryl/α,β-unsaturated/α-hetero) is 1. The molecule has 0 radical (unpaired) electrons. The summed E-state index contributed by atoms with van der Waals surface area (Å²) in [5, 5.41) is 0. The molecule has 1 fully saturated rings. The van der Waals surface area contributed by atoms with Crippen molar-refractivity contribution in [3.05, 3.63) is 28.5 Å². The summed E-state index contributed by atoms with van der Waals surface area (Å²) in [6.45, 7) is 1.31. The Morgan fingerprint density at radius 3 is 3.00 bits per heavy atom. The van der Waals surface area contributed by atoms with Crippen LogP contribution in [0, 0.1) is 5.92 Å². The average molecular weight is 270 g/mol. The lowest BCUT2D eigenvalue weighted by atomic mass is 9.95. The third-order valence-electron chi connectivity index (χ3n) is 2.51. The molecule has 2 rings (SSSR count). The fraction of sp³-hybridized carbons (Fsp3) is 0.455. The third kappa shape index (κ3) is 2.63. The minimum absolute atomic E-state index is 0.00701. The molecule has 1 aromatic heterocycles. The first-order valence-corrected chi connectivity index (χ1v) is 5.80. The van der Waals surface area contributed by atoms with Crippen LogP contribution in [0.5, 0.6) is 0 Å². The second-order valence-corrected chi connectivity index (χ2v) is 4.56. The van der Waals surface area contributed by atoms with Gasteiger partial charge in [0.1, 0.15) is 5.69 Å².